The Kier molecular flexibility index (Phi) is 3.91. The highest BCUT2D eigenvalue weighted by molar-refractivity contribution is 8.01. The molecule has 102 valence electrons. The van der Waals surface area contributed by atoms with Crippen LogP contribution in [0.1, 0.15) is 9.67 Å². The van der Waals surface area contributed by atoms with Gasteiger partial charge in [0.25, 0.3) is 0 Å². The first-order valence-corrected chi connectivity index (χ1v) is 6.65. The van der Waals surface area contributed by atoms with Crippen LogP contribution in [0.15, 0.2) is 24.3 Å². The molecule has 3 nitrogen and oxygen atoms in total. The average molecular weight is 307 g/mol. The summed E-state index contributed by atoms with van der Waals surface area (Å²) < 4.78 is 43.8. The lowest BCUT2D eigenvalue weighted by Crippen LogP contribution is -2.04. The van der Waals surface area contributed by atoms with Crippen LogP contribution in [0.25, 0.3) is 10.1 Å². The Labute approximate surface area is 114 Å². The minimum atomic E-state index is -4.35. The van der Waals surface area contributed by atoms with E-state index in [1.54, 1.807) is 18.2 Å². The van der Waals surface area contributed by atoms with Gasteiger partial charge in [0.15, 0.2) is 0 Å². The molecule has 0 atom stereocenters. The van der Waals surface area contributed by atoms with Crippen LogP contribution in [0, 0.1) is 0 Å². The SMILES string of the molecule is COC(=O)c1cc2cc(NSC(F)(F)F)ccc2s1. The Bertz CT molecular complexity index is 609. The molecule has 0 saturated heterocycles. The molecule has 0 amide bonds. The van der Waals surface area contributed by atoms with Crippen molar-refractivity contribution in [1.82, 2.24) is 0 Å². The Morgan fingerprint density at radius 2 is 2.11 bits per heavy atom. The lowest BCUT2D eigenvalue weighted by molar-refractivity contribution is -0.0323. The van der Waals surface area contributed by atoms with Crippen LogP contribution >= 0.6 is 23.3 Å². The number of fused-ring (bicyclic) bond motifs is 1. The van der Waals surface area contributed by atoms with E-state index in [9.17, 15) is 18.0 Å². The molecule has 2 rings (SSSR count). The molecule has 0 bridgehead atoms. The fourth-order valence-corrected chi connectivity index (χ4v) is 2.75. The number of alkyl halides is 3. The van der Waals surface area contributed by atoms with Gasteiger partial charge >= 0.3 is 11.5 Å². The number of halogens is 3. The normalized spacial score (nSPS) is 11.6. The van der Waals surface area contributed by atoms with E-state index in [1.807, 2.05) is 0 Å². The summed E-state index contributed by atoms with van der Waals surface area (Å²) in [7, 11) is 1.28. The smallest absolute Gasteiger partial charge is 0.461 e. The molecule has 0 fully saturated rings. The van der Waals surface area contributed by atoms with Crippen LogP contribution in [0.5, 0.6) is 0 Å². The van der Waals surface area contributed by atoms with E-state index in [0.29, 0.717) is 16.0 Å². The van der Waals surface area contributed by atoms with E-state index in [1.165, 1.54) is 24.5 Å². The standard InChI is InChI=1S/C11H8F3NO2S2/c1-17-10(16)9-5-6-4-7(2-3-8(6)18-9)15-19-11(12,13)14/h2-5,15H,1H3. The van der Waals surface area contributed by atoms with Crippen molar-refractivity contribution in [3.8, 4) is 0 Å². The molecule has 8 heteroatoms. The highest BCUT2D eigenvalue weighted by Gasteiger charge is 2.28. The van der Waals surface area contributed by atoms with Crippen LogP contribution < -0.4 is 4.72 Å². The van der Waals surface area contributed by atoms with Gasteiger partial charge in [-0.1, -0.05) is 0 Å². The molecule has 0 saturated carbocycles. The summed E-state index contributed by atoms with van der Waals surface area (Å²) in [4.78, 5) is 11.8. The predicted octanol–water partition coefficient (Wildman–Crippen LogP) is 4.27. The first-order chi connectivity index (χ1) is 8.89. The molecule has 1 aromatic heterocycles. The zero-order valence-corrected chi connectivity index (χ0v) is 11.2. The number of anilines is 1. The van der Waals surface area contributed by atoms with Gasteiger partial charge in [-0.05, 0) is 29.7 Å². The fraction of sp³-hybridized carbons (Fsp3) is 0.182. The lowest BCUT2D eigenvalue weighted by Gasteiger charge is -2.07. The molecule has 1 aromatic carbocycles. The molecular weight excluding hydrogens is 299 g/mol. The minimum Gasteiger partial charge on any atom is -0.465 e. The van der Waals surface area contributed by atoms with Crippen molar-refractivity contribution in [2.24, 2.45) is 0 Å². The van der Waals surface area contributed by atoms with Crippen LogP contribution in [0.4, 0.5) is 18.9 Å². The van der Waals surface area contributed by atoms with Gasteiger partial charge in [0.1, 0.15) is 4.88 Å². The maximum atomic E-state index is 12.1. The molecular formula is C11H8F3NO2S2. The number of hydrogen-bond donors (Lipinski definition) is 1. The minimum absolute atomic E-state index is 0.323. The second kappa shape index (κ2) is 5.30. The monoisotopic (exact) mass is 307 g/mol. The van der Waals surface area contributed by atoms with Crippen molar-refractivity contribution < 1.29 is 22.7 Å². The topological polar surface area (TPSA) is 38.3 Å². The lowest BCUT2D eigenvalue weighted by atomic mass is 10.2. The number of carbonyl (C=O) groups excluding carboxylic acids is 1. The quantitative estimate of drug-likeness (QED) is 0.679. The van der Waals surface area contributed by atoms with Gasteiger partial charge in [-0.3, -0.25) is 0 Å². The Morgan fingerprint density at radius 1 is 1.37 bits per heavy atom. The number of thiophene rings is 1. The number of hydrogen-bond acceptors (Lipinski definition) is 5. The molecule has 0 unspecified atom stereocenters. The van der Waals surface area contributed by atoms with Crippen molar-refractivity contribution in [2.45, 2.75) is 5.51 Å². The maximum absolute atomic E-state index is 12.1. The third-order valence-electron chi connectivity index (χ3n) is 2.19. The van der Waals surface area contributed by atoms with E-state index in [2.05, 4.69) is 9.46 Å². The second-order valence-corrected chi connectivity index (χ2v) is 5.46. The van der Waals surface area contributed by atoms with E-state index in [0.717, 1.165) is 4.70 Å². The molecule has 0 spiro atoms. The van der Waals surface area contributed by atoms with Gasteiger partial charge in [0.2, 0.25) is 0 Å². The summed E-state index contributed by atoms with van der Waals surface area (Å²) in [6.07, 6.45) is 0. The Morgan fingerprint density at radius 3 is 2.74 bits per heavy atom. The number of rotatable bonds is 3. The summed E-state index contributed by atoms with van der Waals surface area (Å²) in [5, 5.41) is 0.693. The van der Waals surface area contributed by atoms with Crippen LogP contribution in [-0.4, -0.2) is 18.6 Å². The summed E-state index contributed by atoms with van der Waals surface area (Å²) in [5.41, 5.74) is -4.02. The Balaban J connectivity index is 2.23. The highest BCUT2D eigenvalue weighted by atomic mass is 32.2. The molecule has 1 heterocycles. The van der Waals surface area contributed by atoms with Crippen LogP contribution in [0.2, 0.25) is 0 Å². The molecule has 19 heavy (non-hydrogen) atoms. The maximum Gasteiger partial charge on any atom is 0.461 e. The predicted molar refractivity (Wildman–Crippen MR) is 70.4 cm³/mol. The molecule has 2 aromatic rings. The zero-order chi connectivity index (χ0) is 14.0. The van der Waals surface area contributed by atoms with E-state index in [-0.39, 0.29) is 11.9 Å². The van der Waals surface area contributed by atoms with Crippen molar-refractivity contribution in [3.05, 3.63) is 29.1 Å². The number of ether oxygens (including phenoxy) is 1. The van der Waals surface area contributed by atoms with E-state index >= 15 is 0 Å². The third-order valence-corrected chi connectivity index (χ3v) is 3.85. The van der Waals surface area contributed by atoms with Crippen molar-refractivity contribution in [1.29, 1.82) is 0 Å². The number of benzene rings is 1. The van der Waals surface area contributed by atoms with Gasteiger partial charge < -0.3 is 9.46 Å². The van der Waals surface area contributed by atoms with Gasteiger partial charge in [-0.2, -0.15) is 13.2 Å². The Hall–Kier alpha value is -1.41. The summed E-state index contributed by atoms with van der Waals surface area (Å²) >= 11 is 0.906. The second-order valence-electron chi connectivity index (χ2n) is 3.50. The molecule has 1 N–H and O–H groups in total. The molecule has 0 aliphatic rings. The zero-order valence-electron chi connectivity index (χ0n) is 9.58. The van der Waals surface area contributed by atoms with Crippen molar-refractivity contribution in [3.63, 3.8) is 0 Å². The van der Waals surface area contributed by atoms with Gasteiger partial charge in [0, 0.05) is 10.4 Å². The summed E-state index contributed by atoms with van der Waals surface area (Å²) in [5.74, 6) is -0.458. The third kappa shape index (κ3) is 3.54. The first kappa shape index (κ1) is 14.0. The van der Waals surface area contributed by atoms with Crippen molar-refractivity contribution in [2.75, 3.05) is 11.8 Å². The molecule has 0 aliphatic carbocycles. The average Bonchev–Trinajstić information content (AvgIpc) is 2.77. The van der Waals surface area contributed by atoms with Gasteiger partial charge in [-0.25, -0.2) is 4.79 Å². The molecule has 0 radical (unpaired) electrons. The largest absolute Gasteiger partial charge is 0.465 e. The number of carbonyl (C=O) groups is 1. The number of esters is 1. The van der Waals surface area contributed by atoms with Gasteiger partial charge in [-0.15, -0.1) is 11.3 Å². The summed E-state index contributed by atoms with van der Waals surface area (Å²) in [6.45, 7) is 0. The molecule has 0 aliphatic heterocycles. The highest BCUT2D eigenvalue weighted by Crippen LogP contribution is 2.33. The van der Waals surface area contributed by atoms with E-state index < -0.39 is 11.5 Å². The van der Waals surface area contributed by atoms with Crippen LogP contribution in [-0.2, 0) is 4.74 Å². The van der Waals surface area contributed by atoms with Gasteiger partial charge in [0.05, 0.1) is 19.1 Å². The van der Waals surface area contributed by atoms with E-state index in [4.69, 9.17) is 0 Å². The number of nitrogens with one attached hydrogen (secondary N) is 1. The first-order valence-electron chi connectivity index (χ1n) is 5.02. The van der Waals surface area contributed by atoms with Crippen LogP contribution in [0.3, 0.4) is 0 Å². The number of methoxy groups -OCH3 is 1. The fourth-order valence-electron chi connectivity index (χ4n) is 1.42. The summed E-state index contributed by atoms with van der Waals surface area (Å²) in [6, 6.07) is 6.33. The van der Waals surface area contributed by atoms with Crippen molar-refractivity contribution >= 4 is 45.0 Å².